The number of hydrogen-bond donors (Lipinski definition) is 1. The molecule has 2 fully saturated rings. The van der Waals surface area contributed by atoms with Crippen LogP contribution in [0.2, 0.25) is 0 Å². The Labute approximate surface area is 196 Å². The van der Waals surface area contributed by atoms with E-state index in [-0.39, 0.29) is 17.9 Å². The molecule has 1 aliphatic carbocycles. The van der Waals surface area contributed by atoms with E-state index >= 15 is 0 Å². The number of aliphatic hydroxyl groups is 1. The van der Waals surface area contributed by atoms with Crippen LogP contribution in [-0.4, -0.2) is 49.4 Å². The van der Waals surface area contributed by atoms with Crippen LogP contribution in [0.5, 0.6) is 17.2 Å². The first-order valence-corrected chi connectivity index (χ1v) is 11.9. The van der Waals surface area contributed by atoms with Gasteiger partial charge in [-0.3, -0.25) is 4.79 Å². The number of rotatable bonds is 7. The van der Waals surface area contributed by atoms with Crippen molar-refractivity contribution in [1.82, 2.24) is 4.90 Å². The summed E-state index contributed by atoms with van der Waals surface area (Å²) in [5.41, 5.74) is 1.32. The number of amides is 1. The molecule has 1 amide bonds. The van der Waals surface area contributed by atoms with Crippen LogP contribution in [0, 0.1) is 5.92 Å². The van der Waals surface area contributed by atoms with Gasteiger partial charge in [0.15, 0.2) is 11.5 Å². The second-order valence-electron chi connectivity index (χ2n) is 9.18. The normalized spacial score (nSPS) is 24.7. The summed E-state index contributed by atoms with van der Waals surface area (Å²) in [5.74, 6) is 1.75. The molecule has 2 aromatic rings. The lowest BCUT2D eigenvalue weighted by Gasteiger charge is -2.52. The zero-order valence-electron chi connectivity index (χ0n) is 19.9. The highest BCUT2D eigenvalue weighted by Crippen LogP contribution is 2.51. The van der Waals surface area contributed by atoms with Gasteiger partial charge in [-0.25, -0.2) is 0 Å². The third-order valence-corrected chi connectivity index (χ3v) is 7.39. The largest absolute Gasteiger partial charge is 0.493 e. The lowest BCUT2D eigenvalue weighted by molar-refractivity contribution is -0.155. The predicted molar refractivity (Wildman–Crippen MR) is 127 cm³/mol. The molecule has 178 valence electrons. The second-order valence-corrected chi connectivity index (χ2v) is 9.18. The quantitative estimate of drug-likeness (QED) is 0.667. The maximum absolute atomic E-state index is 13.5. The Kier molecular flexibility index (Phi) is 7.13. The molecule has 0 bridgehead atoms. The number of carbonyl (C=O) groups excluding carboxylic acids is 1. The van der Waals surface area contributed by atoms with Crippen molar-refractivity contribution >= 4 is 5.91 Å². The minimum absolute atomic E-state index is 0.0246. The van der Waals surface area contributed by atoms with Gasteiger partial charge in [0.25, 0.3) is 0 Å². The van der Waals surface area contributed by atoms with E-state index in [2.05, 4.69) is 12.1 Å². The first-order valence-electron chi connectivity index (χ1n) is 11.9. The molecular weight excluding hydrogens is 418 g/mol. The molecule has 3 unspecified atom stereocenters. The molecular formula is C27H35NO5. The smallest absolute Gasteiger partial charge is 0.223 e. The van der Waals surface area contributed by atoms with Crippen molar-refractivity contribution in [2.45, 2.75) is 56.6 Å². The van der Waals surface area contributed by atoms with Crippen LogP contribution in [0.4, 0.5) is 0 Å². The number of ether oxygens (including phenoxy) is 3. The lowest BCUT2D eigenvalue weighted by Crippen LogP contribution is -2.56. The van der Waals surface area contributed by atoms with Gasteiger partial charge in [-0.05, 0) is 48.9 Å². The molecule has 33 heavy (non-hydrogen) atoms. The van der Waals surface area contributed by atoms with Gasteiger partial charge < -0.3 is 24.2 Å². The van der Waals surface area contributed by atoms with Gasteiger partial charge in [0.2, 0.25) is 11.7 Å². The number of benzene rings is 2. The van der Waals surface area contributed by atoms with Crippen LogP contribution in [0.25, 0.3) is 0 Å². The Bertz CT molecular complexity index is 937. The van der Waals surface area contributed by atoms with E-state index in [1.807, 2.05) is 35.2 Å². The summed E-state index contributed by atoms with van der Waals surface area (Å²) in [7, 11) is 4.78. The molecule has 0 spiro atoms. The number of nitrogens with zero attached hydrogens (tertiary/aromatic N) is 1. The van der Waals surface area contributed by atoms with Gasteiger partial charge >= 0.3 is 0 Å². The van der Waals surface area contributed by atoms with E-state index < -0.39 is 5.60 Å². The zero-order chi connectivity index (χ0) is 23.4. The highest BCUT2D eigenvalue weighted by atomic mass is 16.5. The monoisotopic (exact) mass is 453 g/mol. The first kappa shape index (κ1) is 23.4. The summed E-state index contributed by atoms with van der Waals surface area (Å²) < 4.78 is 16.7. The average Bonchev–Trinajstić information content (AvgIpc) is 2.85. The fourth-order valence-corrected chi connectivity index (χ4v) is 5.69. The maximum atomic E-state index is 13.5. The van der Waals surface area contributed by atoms with E-state index in [4.69, 9.17) is 14.2 Å². The van der Waals surface area contributed by atoms with Crippen molar-refractivity contribution in [2.24, 2.45) is 5.92 Å². The van der Waals surface area contributed by atoms with Crippen LogP contribution in [0.3, 0.4) is 0 Å². The molecule has 1 heterocycles. The molecule has 1 N–H and O–H groups in total. The highest BCUT2D eigenvalue weighted by molar-refractivity contribution is 5.77. The van der Waals surface area contributed by atoms with Crippen molar-refractivity contribution in [1.29, 1.82) is 0 Å². The highest BCUT2D eigenvalue weighted by Gasteiger charge is 2.50. The van der Waals surface area contributed by atoms with Crippen LogP contribution in [0.1, 0.15) is 55.7 Å². The number of piperidine rings is 1. The molecule has 1 aliphatic heterocycles. The number of methoxy groups -OCH3 is 3. The number of aryl methyl sites for hydroxylation is 1. The number of fused-ring (bicyclic) bond motifs is 1. The molecule has 1 saturated carbocycles. The molecule has 2 aromatic carbocycles. The Morgan fingerprint density at radius 1 is 1.03 bits per heavy atom. The van der Waals surface area contributed by atoms with E-state index in [0.29, 0.717) is 43.1 Å². The number of carbonyl (C=O) groups is 1. The average molecular weight is 454 g/mol. The van der Waals surface area contributed by atoms with Crippen molar-refractivity contribution in [3.63, 3.8) is 0 Å². The maximum Gasteiger partial charge on any atom is 0.223 e. The van der Waals surface area contributed by atoms with Crippen LogP contribution in [-0.2, 0) is 11.2 Å². The Hall–Kier alpha value is -2.73. The topological polar surface area (TPSA) is 68.2 Å². The van der Waals surface area contributed by atoms with Gasteiger partial charge in [0, 0.05) is 18.9 Å². The van der Waals surface area contributed by atoms with Gasteiger partial charge in [-0.1, -0.05) is 43.2 Å². The summed E-state index contributed by atoms with van der Waals surface area (Å²) >= 11 is 0. The van der Waals surface area contributed by atoms with Crippen molar-refractivity contribution < 1.29 is 24.1 Å². The molecule has 6 heteroatoms. The molecule has 0 aromatic heterocycles. The van der Waals surface area contributed by atoms with E-state index in [0.717, 1.165) is 36.8 Å². The summed E-state index contributed by atoms with van der Waals surface area (Å²) in [6, 6.07) is 13.7. The Morgan fingerprint density at radius 3 is 2.36 bits per heavy atom. The standard InChI is InChI=1S/C27H35NO5/c1-31-22-17-20(18-23(32-2)26(22)33-3)25-21-11-7-8-14-27(21,30)15-16-28(25)24(29)13-12-19-9-5-4-6-10-19/h4-6,9-10,17-18,21,25,30H,7-8,11-16H2,1-3H3. The lowest BCUT2D eigenvalue weighted by atomic mass is 9.66. The van der Waals surface area contributed by atoms with Gasteiger partial charge in [0.1, 0.15) is 0 Å². The molecule has 1 saturated heterocycles. The van der Waals surface area contributed by atoms with Crippen LogP contribution in [0.15, 0.2) is 42.5 Å². The fourth-order valence-electron chi connectivity index (χ4n) is 5.69. The van der Waals surface area contributed by atoms with E-state index in [9.17, 15) is 9.90 Å². The van der Waals surface area contributed by atoms with Crippen molar-refractivity contribution in [2.75, 3.05) is 27.9 Å². The molecule has 3 atom stereocenters. The summed E-state index contributed by atoms with van der Waals surface area (Å²) in [6.07, 6.45) is 5.51. The van der Waals surface area contributed by atoms with Gasteiger partial charge in [-0.2, -0.15) is 0 Å². The summed E-state index contributed by atoms with van der Waals surface area (Å²) in [4.78, 5) is 15.5. The van der Waals surface area contributed by atoms with Crippen LogP contribution >= 0.6 is 0 Å². The third-order valence-electron chi connectivity index (χ3n) is 7.39. The van der Waals surface area contributed by atoms with E-state index in [1.54, 1.807) is 21.3 Å². The molecule has 6 nitrogen and oxygen atoms in total. The molecule has 2 aliphatic rings. The first-order chi connectivity index (χ1) is 16.0. The number of likely N-dealkylation sites (tertiary alicyclic amines) is 1. The SMILES string of the molecule is COc1cc(C2C3CCCCC3(O)CCN2C(=O)CCc2ccccc2)cc(OC)c1OC. The minimum atomic E-state index is -0.750. The number of hydrogen-bond acceptors (Lipinski definition) is 5. The third kappa shape index (κ3) is 4.67. The minimum Gasteiger partial charge on any atom is -0.493 e. The van der Waals surface area contributed by atoms with Crippen molar-refractivity contribution in [3.05, 3.63) is 53.6 Å². The van der Waals surface area contributed by atoms with Gasteiger partial charge in [-0.15, -0.1) is 0 Å². The van der Waals surface area contributed by atoms with E-state index in [1.165, 1.54) is 0 Å². The Morgan fingerprint density at radius 2 is 1.73 bits per heavy atom. The zero-order valence-corrected chi connectivity index (χ0v) is 19.9. The van der Waals surface area contributed by atoms with Gasteiger partial charge in [0.05, 0.1) is 33.0 Å². The molecule has 0 radical (unpaired) electrons. The summed E-state index contributed by atoms with van der Waals surface area (Å²) in [6.45, 7) is 0.544. The molecule has 4 rings (SSSR count). The fraction of sp³-hybridized carbons (Fsp3) is 0.519. The second kappa shape index (κ2) is 10.0. The van der Waals surface area contributed by atoms with Crippen LogP contribution < -0.4 is 14.2 Å². The summed E-state index contributed by atoms with van der Waals surface area (Å²) in [5, 5.41) is 11.6. The Balaban J connectivity index is 1.70. The van der Waals surface area contributed by atoms with Crippen molar-refractivity contribution in [3.8, 4) is 17.2 Å². The predicted octanol–water partition coefficient (Wildman–Crippen LogP) is 4.54.